The summed E-state index contributed by atoms with van der Waals surface area (Å²) >= 11 is 0. The molecule has 0 bridgehead atoms. The lowest BCUT2D eigenvalue weighted by Gasteiger charge is -2.06. The number of pyridine rings is 1. The Morgan fingerprint density at radius 1 is 1.16 bits per heavy atom. The van der Waals surface area contributed by atoms with Gasteiger partial charge in [0.1, 0.15) is 0 Å². The van der Waals surface area contributed by atoms with E-state index in [9.17, 15) is 0 Å². The van der Waals surface area contributed by atoms with Gasteiger partial charge in [-0.05, 0) is 6.07 Å². The molecule has 1 N–H and O–H groups in total. The van der Waals surface area contributed by atoms with Crippen molar-refractivity contribution in [2.75, 3.05) is 6.61 Å². The summed E-state index contributed by atoms with van der Waals surface area (Å²) < 4.78 is 5.68. The summed E-state index contributed by atoms with van der Waals surface area (Å²) in [5.74, 6) is 0. The van der Waals surface area contributed by atoms with Crippen LogP contribution >= 0.6 is 0 Å². The predicted molar refractivity (Wildman–Crippen MR) is 71.5 cm³/mol. The van der Waals surface area contributed by atoms with Gasteiger partial charge in [-0.3, -0.25) is 4.98 Å². The molecular weight excluding hydrogens is 240 g/mol. The standard InChI is InChI=1S/C14H14N4O/c1-3-11-5-2-7-15-14(11)12(4-1)10-19-8-6-13-9-16-18-17-13/h1-5,7,9H,6,8,10H2,(H,16,17,18). The fourth-order valence-electron chi connectivity index (χ4n) is 1.99. The number of benzene rings is 1. The lowest BCUT2D eigenvalue weighted by Crippen LogP contribution is -2.00. The summed E-state index contributed by atoms with van der Waals surface area (Å²) in [7, 11) is 0. The van der Waals surface area contributed by atoms with Crippen LogP contribution in [0.4, 0.5) is 0 Å². The van der Waals surface area contributed by atoms with Crippen LogP contribution in [-0.4, -0.2) is 27.0 Å². The maximum absolute atomic E-state index is 5.68. The van der Waals surface area contributed by atoms with E-state index in [1.165, 1.54) is 0 Å². The van der Waals surface area contributed by atoms with Gasteiger partial charge in [-0.25, -0.2) is 0 Å². The lowest BCUT2D eigenvalue weighted by molar-refractivity contribution is 0.124. The van der Waals surface area contributed by atoms with E-state index in [4.69, 9.17) is 4.74 Å². The number of para-hydroxylation sites is 1. The molecule has 3 aromatic rings. The summed E-state index contributed by atoms with van der Waals surface area (Å²) in [6.45, 7) is 1.18. The fourth-order valence-corrected chi connectivity index (χ4v) is 1.99. The normalized spacial score (nSPS) is 10.9. The minimum absolute atomic E-state index is 0.562. The molecule has 0 amide bonds. The van der Waals surface area contributed by atoms with Crippen molar-refractivity contribution in [2.45, 2.75) is 13.0 Å². The molecule has 96 valence electrons. The molecule has 19 heavy (non-hydrogen) atoms. The first-order valence-electron chi connectivity index (χ1n) is 6.18. The molecule has 2 aromatic heterocycles. The first-order valence-corrected chi connectivity index (χ1v) is 6.18. The monoisotopic (exact) mass is 254 g/mol. The number of ether oxygens (including phenoxy) is 1. The van der Waals surface area contributed by atoms with Crippen LogP contribution in [0.3, 0.4) is 0 Å². The molecular formula is C14H14N4O. The summed E-state index contributed by atoms with van der Waals surface area (Å²) in [5.41, 5.74) is 3.03. The van der Waals surface area contributed by atoms with Gasteiger partial charge in [0.25, 0.3) is 0 Å². The van der Waals surface area contributed by atoms with Gasteiger partial charge in [0.05, 0.1) is 30.6 Å². The maximum atomic E-state index is 5.68. The minimum Gasteiger partial charge on any atom is -0.376 e. The smallest absolute Gasteiger partial charge is 0.0847 e. The Bertz CT molecular complexity index is 646. The van der Waals surface area contributed by atoms with E-state index < -0.39 is 0 Å². The van der Waals surface area contributed by atoms with Crippen molar-refractivity contribution in [1.29, 1.82) is 0 Å². The van der Waals surface area contributed by atoms with E-state index in [-0.39, 0.29) is 0 Å². The SMILES string of the molecule is c1cnc2c(COCCc3cn[nH]n3)cccc2c1. The number of hydrogen-bond donors (Lipinski definition) is 1. The molecule has 0 aliphatic carbocycles. The zero-order valence-electron chi connectivity index (χ0n) is 10.4. The lowest BCUT2D eigenvalue weighted by atomic mass is 10.1. The third kappa shape index (κ3) is 2.77. The van der Waals surface area contributed by atoms with Crippen molar-refractivity contribution in [3.63, 3.8) is 0 Å². The van der Waals surface area contributed by atoms with Gasteiger partial charge in [0, 0.05) is 23.6 Å². The Kier molecular flexibility index (Phi) is 3.47. The zero-order chi connectivity index (χ0) is 12.9. The quantitative estimate of drug-likeness (QED) is 0.708. The molecule has 5 nitrogen and oxygen atoms in total. The van der Waals surface area contributed by atoms with E-state index in [0.29, 0.717) is 13.2 Å². The molecule has 1 aromatic carbocycles. The molecule has 0 unspecified atom stereocenters. The van der Waals surface area contributed by atoms with E-state index >= 15 is 0 Å². The van der Waals surface area contributed by atoms with Crippen LogP contribution in [0.5, 0.6) is 0 Å². The van der Waals surface area contributed by atoms with E-state index in [1.807, 2.05) is 18.2 Å². The largest absolute Gasteiger partial charge is 0.376 e. The maximum Gasteiger partial charge on any atom is 0.0847 e. The highest BCUT2D eigenvalue weighted by Crippen LogP contribution is 2.16. The first kappa shape index (κ1) is 11.8. The second kappa shape index (κ2) is 5.58. The Hall–Kier alpha value is -2.27. The third-order valence-electron chi connectivity index (χ3n) is 2.94. The van der Waals surface area contributed by atoms with Crippen LogP contribution < -0.4 is 0 Å². The molecule has 3 rings (SSSR count). The van der Waals surface area contributed by atoms with Gasteiger partial charge in [0.15, 0.2) is 0 Å². The molecule has 5 heteroatoms. The summed E-state index contributed by atoms with van der Waals surface area (Å²) in [4.78, 5) is 4.40. The molecule has 0 saturated carbocycles. The van der Waals surface area contributed by atoms with Crippen molar-refractivity contribution in [3.05, 3.63) is 54.0 Å². The molecule has 0 radical (unpaired) electrons. The van der Waals surface area contributed by atoms with Crippen molar-refractivity contribution in [3.8, 4) is 0 Å². The number of rotatable bonds is 5. The second-order valence-corrected chi connectivity index (χ2v) is 4.26. The van der Waals surface area contributed by atoms with E-state index in [1.54, 1.807) is 12.4 Å². The van der Waals surface area contributed by atoms with Crippen LogP contribution in [0.25, 0.3) is 10.9 Å². The highest BCUT2D eigenvalue weighted by molar-refractivity contribution is 5.81. The number of fused-ring (bicyclic) bond motifs is 1. The number of aromatic nitrogens is 4. The number of H-pyrrole nitrogens is 1. The van der Waals surface area contributed by atoms with Crippen molar-refractivity contribution in [1.82, 2.24) is 20.4 Å². The Morgan fingerprint density at radius 2 is 2.11 bits per heavy atom. The molecule has 0 aliphatic heterocycles. The van der Waals surface area contributed by atoms with Crippen molar-refractivity contribution in [2.24, 2.45) is 0 Å². The third-order valence-corrected chi connectivity index (χ3v) is 2.94. The van der Waals surface area contributed by atoms with E-state index in [2.05, 4.69) is 32.5 Å². The van der Waals surface area contributed by atoms with Crippen molar-refractivity contribution >= 4 is 10.9 Å². The van der Waals surface area contributed by atoms with Crippen LogP contribution in [0.2, 0.25) is 0 Å². The summed E-state index contributed by atoms with van der Waals surface area (Å²) in [6.07, 6.45) is 4.28. The highest BCUT2D eigenvalue weighted by Gasteiger charge is 2.02. The van der Waals surface area contributed by atoms with Gasteiger partial charge in [-0.15, -0.1) is 0 Å². The first-order chi connectivity index (χ1) is 9.43. The van der Waals surface area contributed by atoms with Gasteiger partial charge < -0.3 is 4.74 Å². The average Bonchev–Trinajstić information content (AvgIpc) is 2.97. The van der Waals surface area contributed by atoms with Gasteiger partial charge in [-0.2, -0.15) is 15.4 Å². The molecule has 0 fully saturated rings. The molecule has 0 saturated heterocycles. The molecule has 0 atom stereocenters. The summed E-state index contributed by atoms with van der Waals surface area (Å²) in [6, 6.07) is 10.1. The van der Waals surface area contributed by atoms with Gasteiger partial charge in [0.2, 0.25) is 0 Å². The van der Waals surface area contributed by atoms with Gasteiger partial charge in [-0.1, -0.05) is 24.3 Å². The van der Waals surface area contributed by atoms with Crippen molar-refractivity contribution < 1.29 is 4.74 Å². The average molecular weight is 254 g/mol. The van der Waals surface area contributed by atoms with Crippen LogP contribution in [0.15, 0.2) is 42.7 Å². The Morgan fingerprint density at radius 3 is 3.00 bits per heavy atom. The number of aromatic amines is 1. The van der Waals surface area contributed by atoms with Crippen LogP contribution in [0.1, 0.15) is 11.3 Å². The fraction of sp³-hybridized carbons (Fsp3) is 0.214. The molecule has 0 aliphatic rings. The topological polar surface area (TPSA) is 63.7 Å². The number of nitrogens with one attached hydrogen (secondary N) is 1. The second-order valence-electron chi connectivity index (χ2n) is 4.26. The highest BCUT2D eigenvalue weighted by atomic mass is 16.5. The Labute approximate surface area is 110 Å². The van der Waals surface area contributed by atoms with Crippen LogP contribution in [-0.2, 0) is 17.8 Å². The van der Waals surface area contributed by atoms with Gasteiger partial charge >= 0.3 is 0 Å². The minimum atomic E-state index is 0.562. The summed E-state index contributed by atoms with van der Waals surface area (Å²) in [5, 5.41) is 11.5. The Balaban J connectivity index is 1.62. The van der Waals surface area contributed by atoms with Crippen LogP contribution in [0, 0.1) is 0 Å². The molecule has 2 heterocycles. The van der Waals surface area contributed by atoms with E-state index in [0.717, 1.165) is 28.6 Å². The zero-order valence-corrected chi connectivity index (χ0v) is 10.4. The molecule has 0 spiro atoms. The number of nitrogens with zero attached hydrogens (tertiary/aromatic N) is 3. The number of hydrogen-bond acceptors (Lipinski definition) is 4. The predicted octanol–water partition coefficient (Wildman–Crippen LogP) is 2.11.